The lowest BCUT2D eigenvalue weighted by Gasteiger charge is -2.01. The van der Waals surface area contributed by atoms with E-state index in [2.05, 4.69) is 0 Å². The van der Waals surface area contributed by atoms with Crippen LogP contribution in [0.2, 0.25) is 5.02 Å². The third kappa shape index (κ3) is 2.40. The van der Waals surface area contributed by atoms with E-state index in [0.717, 1.165) is 5.56 Å². The van der Waals surface area contributed by atoms with Crippen LogP contribution >= 0.6 is 23.2 Å². The molecule has 1 aliphatic carbocycles. The number of hydrogen-bond acceptors (Lipinski definition) is 1. The minimum Gasteiger partial charge on any atom is -0.481 e. The second-order valence-electron chi connectivity index (χ2n) is 5.18. The third-order valence-corrected chi connectivity index (χ3v) is 4.22. The molecule has 0 saturated heterocycles. The van der Waals surface area contributed by atoms with E-state index >= 15 is 0 Å². The zero-order chi connectivity index (χ0) is 13.5. The number of benzene rings is 1. The Balaban J connectivity index is 2.20. The summed E-state index contributed by atoms with van der Waals surface area (Å²) in [6.45, 7) is 3.89. The fourth-order valence-electron chi connectivity index (χ4n) is 2.32. The molecule has 18 heavy (non-hydrogen) atoms. The molecule has 0 aliphatic heterocycles. The van der Waals surface area contributed by atoms with Crippen LogP contribution in [-0.4, -0.2) is 11.1 Å². The van der Waals surface area contributed by atoms with E-state index in [9.17, 15) is 4.79 Å². The average molecular weight is 285 g/mol. The van der Waals surface area contributed by atoms with Gasteiger partial charge in [0.05, 0.1) is 5.92 Å². The maximum absolute atomic E-state index is 11.1. The second-order valence-corrected chi connectivity index (χ2v) is 6.03. The Kier molecular flexibility index (Phi) is 3.43. The van der Waals surface area contributed by atoms with Gasteiger partial charge in [0, 0.05) is 10.1 Å². The zero-order valence-corrected chi connectivity index (χ0v) is 11.7. The van der Waals surface area contributed by atoms with Crippen molar-refractivity contribution in [1.29, 1.82) is 0 Å². The maximum Gasteiger partial charge on any atom is 0.307 e. The molecule has 2 rings (SSSR count). The number of carboxylic acid groups (broad SMARTS) is 1. The zero-order valence-electron chi connectivity index (χ0n) is 10.2. The second kappa shape index (κ2) is 4.60. The Morgan fingerprint density at radius 1 is 1.33 bits per heavy atom. The molecule has 0 unspecified atom stereocenters. The van der Waals surface area contributed by atoms with Crippen LogP contribution in [0, 0.1) is 17.3 Å². The van der Waals surface area contributed by atoms with Gasteiger partial charge in [0.25, 0.3) is 0 Å². The van der Waals surface area contributed by atoms with Gasteiger partial charge in [0.2, 0.25) is 0 Å². The highest BCUT2D eigenvalue weighted by atomic mass is 35.5. The van der Waals surface area contributed by atoms with E-state index in [4.69, 9.17) is 28.3 Å². The SMILES string of the molecule is CC1(C)[C@H](/C=C(\Cl)c2ccc(Cl)cc2)[C@@H]1C(=O)O. The molecule has 1 saturated carbocycles. The summed E-state index contributed by atoms with van der Waals surface area (Å²) in [7, 11) is 0. The first-order chi connectivity index (χ1) is 8.34. The number of allylic oxidation sites excluding steroid dienone is 1. The first-order valence-corrected chi connectivity index (χ1v) is 6.45. The lowest BCUT2D eigenvalue weighted by atomic mass is 10.1. The van der Waals surface area contributed by atoms with Crippen LogP contribution in [0.1, 0.15) is 19.4 Å². The van der Waals surface area contributed by atoms with Gasteiger partial charge in [0.1, 0.15) is 0 Å². The van der Waals surface area contributed by atoms with Gasteiger partial charge in [-0.3, -0.25) is 4.79 Å². The fourth-order valence-corrected chi connectivity index (χ4v) is 2.71. The lowest BCUT2D eigenvalue weighted by Crippen LogP contribution is -2.03. The van der Waals surface area contributed by atoms with Crippen molar-refractivity contribution < 1.29 is 9.90 Å². The van der Waals surface area contributed by atoms with Crippen LogP contribution in [0.5, 0.6) is 0 Å². The molecule has 1 aliphatic rings. The summed E-state index contributed by atoms with van der Waals surface area (Å²) in [5.74, 6) is -1.13. The Hall–Kier alpha value is -0.990. The standard InChI is InChI=1S/C14H14Cl2O2/c1-14(2)10(12(14)13(17)18)7-11(16)8-3-5-9(15)6-4-8/h3-7,10,12H,1-2H3,(H,17,18)/b11-7-/t10-,12-/m1/s1. The lowest BCUT2D eigenvalue weighted by molar-refractivity contribution is -0.139. The monoisotopic (exact) mass is 284 g/mol. The third-order valence-electron chi connectivity index (χ3n) is 3.62. The molecule has 1 aromatic carbocycles. The van der Waals surface area contributed by atoms with Crippen molar-refractivity contribution in [3.05, 3.63) is 40.9 Å². The molecule has 4 heteroatoms. The first-order valence-electron chi connectivity index (χ1n) is 5.70. The van der Waals surface area contributed by atoms with Crippen LogP contribution in [-0.2, 0) is 4.79 Å². The molecule has 0 radical (unpaired) electrons. The van der Waals surface area contributed by atoms with Crippen molar-refractivity contribution >= 4 is 34.2 Å². The molecular weight excluding hydrogens is 271 g/mol. The van der Waals surface area contributed by atoms with Gasteiger partial charge >= 0.3 is 5.97 Å². The molecule has 0 aromatic heterocycles. The van der Waals surface area contributed by atoms with Crippen molar-refractivity contribution in [2.75, 3.05) is 0 Å². The van der Waals surface area contributed by atoms with Gasteiger partial charge in [-0.2, -0.15) is 0 Å². The molecule has 2 atom stereocenters. The normalized spacial score (nSPS) is 25.9. The predicted molar refractivity (Wildman–Crippen MR) is 73.7 cm³/mol. The van der Waals surface area contributed by atoms with E-state index in [1.807, 2.05) is 32.1 Å². The molecule has 0 heterocycles. The van der Waals surface area contributed by atoms with E-state index in [-0.39, 0.29) is 17.3 Å². The summed E-state index contributed by atoms with van der Waals surface area (Å²) in [6, 6.07) is 7.18. The highest BCUT2D eigenvalue weighted by Gasteiger charge is 2.60. The molecule has 96 valence electrons. The number of carbonyl (C=O) groups is 1. The van der Waals surface area contributed by atoms with Crippen LogP contribution in [0.3, 0.4) is 0 Å². The molecular formula is C14H14Cl2O2. The highest BCUT2D eigenvalue weighted by molar-refractivity contribution is 6.48. The van der Waals surface area contributed by atoms with Gasteiger partial charge in [0.15, 0.2) is 0 Å². The van der Waals surface area contributed by atoms with E-state index < -0.39 is 5.97 Å². The molecule has 0 spiro atoms. The Labute approximate surface area is 116 Å². The smallest absolute Gasteiger partial charge is 0.307 e. The number of rotatable bonds is 3. The Morgan fingerprint density at radius 2 is 1.89 bits per heavy atom. The predicted octanol–water partition coefficient (Wildman–Crippen LogP) is 4.28. The van der Waals surface area contributed by atoms with Crippen molar-refractivity contribution in [2.45, 2.75) is 13.8 Å². The number of carboxylic acids is 1. The van der Waals surface area contributed by atoms with Gasteiger partial charge in [-0.25, -0.2) is 0 Å². The van der Waals surface area contributed by atoms with Gasteiger partial charge in [-0.15, -0.1) is 0 Å². The van der Waals surface area contributed by atoms with Crippen LogP contribution in [0.4, 0.5) is 0 Å². The summed E-state index contributed by atoms with van der Waals surface area (Å²) in [5, 5.41) is 10.3. The van der Waals surface area contributed by atoms with Crippen LogP contribution in [0.15, 0.2) is 30.3 Å². The van der Waals surface area contributed by atoms with Crippen LogP contribution in [0.25, 0.3) is 5.03 Å². The molecule has 0 amide bonds. The summed E-state index contributed by atoms with van der Waals surface area (Å²) < 4.78 is 0. The van der Waals surface area contributed by atoms with E-state index in [0.29, 0.717) is 10.1 Å². The van der Waals surface area contributed by atoms with Gasteiger partial charge in [-0.05, 0) is 29.0 Å². The summed E-state index contributed by atoms with van der Waals surface area (Å²) in [5.41, 5.74) is 0.631. The van der Waals surface area contributed by atoms with E-state index in [1.165, 1.54) is 0 Å². The van der Waals surface area contributed by atoms with Gasteiger partial charge < -0.3 is 5.11 Å². The minimum absolute atomic E-state index is 0.0156. The highest BCUT2D eigenvalue weighted by Crippen LogP contribution is 2.59. The van der Waals surface area contributed by atoms with Crippen molar-refractivity contribution in [1.82, 2.24) is 0 Å². The quantitative estimate of drug-likeness (QED) is 0.900. The maximum atomic E-state index is 11.1. The Morgan fingerprint density at radius 3 is 2.33 bits per heavy atom. The van der Waals surface area contributed by atoms with Crippen molar-refractivity contribution in [2.24, 2.45) is 17.3 Å². The molecule has 1 aromatic rings. The summed E-state index contributed by atoms with van der Waals surface area (Å²) in [4.78, 5) is 11.1. The molecule has 1 fully saturated rings. The van der Waals surface area contributed by atoms with Gasteiger partial charge in [-0.1, -0.05) is 55.3 Å². The largest absolute Gasteiger partial charge is 0.481 e. The molecule has 2 nitrogen and oxygen atoms in total. The number of aliphatic carboxylic acids is 1. The van der Waals surface area contributed by atoms with Crippen LogP contribution < -0.4 is 0 Å². The van der Waals surface area contributed by atoms with Crippen molar-refractivity contribution in [3.63, 3.8) is 0 Å². The average Bonchev–Trinajstić information content (AvgIpc) is 2.81. The molecule has 1 N–H and O–H groups in total. The number of hydrogen-bond donors (Lipinski definition) is 1. The first kappa shape index (κ1) is 13.4. The summed E-state index contributed by atoms with van der Waals surface area (Å²) >= 11 is 12.0. The molecule has 0 bridgehead atoms. The number of halogens is 2. The summed E-state index contributed by atoms with van der Waals surface area (Å²) in [6.07, 6.45) is 1.84. The fraction of sp³-hybridized carbons (Fsp3) is 0.357. The topological polar surface area (TPSA) is 37.3 Å². The van der Waals surface area contributed by atoms with Crippen molar-refractivity contribution in [3.8, 4) is 0 Å². The van der Waals surface area contributed by atoms with E-state index in [1.54, 1.807) is 12.1 Å². The Bertz CT molecular complexity index is 503. The minimum atomic E-state index is -0.762.